The van der Waals surface area contributed by atoms with Crippen molar-refractivity contribution in [2.45, 2.75) is 0 Å². The summed E-state index contributed by atoms with van der Waals surface area (Å²) in [5.74, 6) is 0.0910. The van der Waals surface area contributed by atoms with Crippen LogP contribution < -0.4 is 5.73 Å². The first-order valence-corrected chi connectivity index (χ1v) is 5.75. The normalized spacial score (nSPS) is 10.8. The van der Waals surface area contributed by atoms with Gasteiger partial charge in [0.1, 0.15) is 17.3 Å². The standard InChI is InChI=1S/C13H12FN5/c1-19-13(15)11(9-4-2-3-5-10(9)14)12(18-19)8-6-16-17-7-8/h2-7H,15H2,1H3,(H,16,17). The van der Waals surface area contributed by atoms with E-state index in [1.165, 1.54) is 10.7 Å². The van der Waals surface area contributed by atoms with Gasteiger partial charge in [-0.2, -0.15) is 10.2 Å². The van der Waals surface area contributed by atoms with Crippen molar-refractivity contribution < 1.29 is 4.39 Å². The largest absolute Gasteiger partial charge is 0.383 e. The minimum absolute atomic E-state index is 0.327. The Labute approximate surface area is 108 Å². The van der Waals surface area contributed by atoms with Crippen LogP contribution in [0.25, 0.3) is 22.4 Å². The first-order valence-electron chi connectivity index (χ1n) is 5.75. The van der Waals surface area contributed by atoms with Crippen LogP contribution in [0.15, 0.2) is 36.7 Å². The van der Waals surface area contributed by atoms with E-state index in [1.807, 2.05) is 0 Å². The van der Waals surface area contributed by atoms with E-state index in [9.17, 15) is 4.39 Å². The molecule has 0 saturated heterocycles. The van der Waals surface area contributed by atoms with Gasteiger partial charge in [0.25, 0.3) is 0 Å². The molecular formula is C13H12FN5. The van der Waals surface area contributed by atoms with E-state index in [0.717, 1.165) is 5.56 Å². The van der Waals surface area contributed by atoms with Crippen molar-refractivity contribution in [3.63, 3.8) is 0 Å². The molecule has 2 heterocycles. The van der Waals surface area contributed by atoms with Gasteiger partial charge in [-0.15, -0.1) is 0 Å². The summed E-state index contributed by atoms with van der Waals surface area (Å²) in [6, 6.07) is 6.50. The molecule has 0 radical (unpaired) electrons. The van der Waals surface area contributed by atoms with Crippen molar-refractivity contribution in [1.29, 1.82) is 0 Å². The summed E-state index contributed by atoms with van der Waals surface area (Å²) in [7, 11) is 1.73. The molecule has 6 heteroatoms. The number of anilines is 1. The van der Waals surface area contributed by atoms with Gasteiger partial charge in [-0.3, -0.25) is 9.78 Å². The molecule has 0 amide bonds. The fourth-order valence-electron chi connectivity index (χ4n) is 2.05. The predicted molar refractivity (Wildman–Crippen MR) is 70.6 cm³/mol. The molecule has 3 rings (SSSR count). The minimum atomic E-state index is -0.327. The SMILES string of the molecule is Cn1nc(-c2cn[nH]c2)c(-c2ccccc2F)c1N. The number of halogens is 1. The van der Waals surface area contributed by atoms with Crippen LogP contribution >= 0.6 is 0 Å². The molecule has 3 aromatic rings. The zero-order valence-electron chi connectivity index (χ0n) is 10.3. The van der Waals surface area contributed by atoms with Crippen LogP contribution in [0.2, 0.25) is 0 Å². The van der Waals surface area contributed by atoms with Crippen molar-refractivity contribution in [2.75, 3.05) is 5.73 Å². The number of hydrogen-bond acceptors (Lipinski definition) is 3. The molecular weight excluding hydrogens is 245 g/mol. The molecule has 0 aliphatic heterocycles. The molecule has 96 valence electrons. The van der Waals surface area contributed by atoms with Gasteiger partial charge in [0.2, 0.25) is 0 Å². The molecule has 0 atom stereocenters. The Kier molecular flexibility index (Phi) is 2.56. The maximum atomic E-state index is 14.0. The number of rotatable bonds is 2. The van der Waals surface area contributed by atoms with Gasteiger partial charge >= 0.3 is 0 Å². The number of hydrogen-bond donors (Lipinski definition) is 2. The number of aryl methyl sites for hydroxylation is 1. The van der Waals surface area contributed by atoms with Crippen LogP contribution in [0.1, 0.15) is 0 Å². The lowest BCUT2D eigenvalue weighted by atomic mass is 10.0. The van der Waals surface area contributed by atoms with Gasteiger partial charge in [-0.1, -0.05) is 18.2 Å². The summed E-state index contributed by atoms with van der Waals surface area (Å²) >= 11 is 0. The van der Waals surface area contributed by atoms with Crippen LogP contribution in [0.4, 0.5) is 10.2 Å². The highest BCUT2D eigenvalue weighted by atomic mass is 19.1. The zero-order chi connectivity index (χ0) is 13.4. The van der Waals surface area contributed by atoms with Crippen molar-refractivity contribution in [3.05, 3.63) is 42.5 Å². The highest BCUT2D eigenvalue weighted by molar-refractivity contribution is 5.87. The average Bonchev–Trinajstić information content (AvgIpc) is 3.01. The number of nitrogens with zero attached hydrogens (tertiary/aromatic N) is 3. The second kappa shape index (κ2) is 4.24. The second-order valence-electron chi connectivity index (χ2n) is 4.20. The number of nitrogens with one attached hydrogen (secondary N) is 1. The van der Waals surface area contributed by atoms with Crippen LogP contribution in [0.3, 0.4) is 0 Å². The lowest BCUT2D eigenvalue weighted by molar-refractivity contribution is 0.631. The van der Waals surface area contributed by atoms with E-state index in [0.29, 0.717) is 22.6 Å². The summed E-state index contributed by atoms with van der Waals surface area (Å²) in [4.78, 5) is 0. The number of H-pyrrole nitrogens is 1. The van der Waals surface area contributed by atoms with Gasteiger partial charge in [0.05, 0.1) is 11.8 Å². The molecule has 0 bridgehead atoms. The molecule has 1 aromatic carbocycles. The molecule has 19 heavy (non-hydrogen) atoms. The van der Waals surface area contributed by atoms with Gasteiger partial charge in [-0.05, 0) is 6.07 Å². The Morgan fingerprint density at radius 3 is 2.79 bits per heavy atom. The summed E-state index contributed by atoms with van der Waals surface area (Å²) in [6.07, 6.45) is 3.33. The Morgan fingerprint density at radius 1 is 1.32 bits per heavy atom. The highest BCUT2D eigenvalue weighted by Crippen LogP contribution is 2.36. The molecule has 5 nitrogen and oxygen atoms in total. The van der Waals surface area contributed by atoms with E-state index in [1.54, 1.807) is 37.6 Å². The molecule has 3 N–H and O–H groups in total. The van der Waals surface area contributed by atoms with Crippen LogP contribution in [0.5, 0.6) is 0 Å². The third-order valence-corrected chi connectivity index (χ3v) is 3.01. The van der Waals surface area contributed by atoms with Crippen molar-refractivity contribution in [2.24, 2.45) is 7.05 Å². The molecule has 0 spiro atoms. The molecule has 0 aliphatic rings. The van der Waals surface area contributed by atoms with E-state index in [-0.39, 0.29) is 5.82 Å². The minimum Gasteiger partial charge on any atom is -0.383 e. The molecule has 0 saturated carbocycles. The quantitative estimate of drug-likeness (QED) is 0.739. The monoisotopic (exact) mass is 257 g/mol. The third kappa shape index (κ3) is 1.77. The topological polar surface area (TPSA) is 72.5 Å². The Hall–Kier alpha value is -2.63. The average molecular weight is 257 g/mol. The van der Waals surface area contributed by atoms with Crippen molar-refractivity contribution in [3.8, 4) is 22.4 Å². The van der Waals surface area contributed by atoms with Gasteiger partial charge in [0, 0.05) is 24.4 Å². The molecule has 2 aromatic heterocycles. The Balaban J connectivity index is 2.29. The summed E-state index contributed by atoms with van der Waals surface area (Å²) < 4.78 is 15.5. The number of aromatic nitrogens is 4. The Bertz CT molecular complexity index is 715. The third-order valence-electron chi connectivity index (χ3n) is 3.01. The van der Waals surface area contributed by atoms with Gasteiger partial charge in [-0.25, -0.2) is 4.39 Å². The first kappa shape index (κ1) is 11.5. The number of nitrogens with two attached hydrogens (primary N) is 1. The van der Waals surface area contributed by atoms with Crippen molar-refractivity contribution in [1.82, 2.24) is 20.0 Å². The lowest BCUT2D eigenvalue weighted by Crippen LogP contribution is -1.98. The van der Waals surface area contributed by atoms with Gasteiger partial charge in [0.15, 0.2) is 0 Å². The molecule has 0 aliphatic carbocycles. The highest BCUT2D eigenvalue weighted by Gasteiger charge is 2.20. The number of benzene rings is 1. The number of aromatic amines is 1. The first-order chi connectivity index (χ1) is 9.18. The van der Waals surface area contributed by atoms with Crippen LogP contribution in [0, 0.1) is 5.82 Å². The maximum Gasteiger partial charge on any atom is 0.131 e. The van der Waals surface area contributed by atoms with E-state index in [2.05, 4.69) is 15.3 Å². The van der Waals surface area contributed by atoms with Crippen molar-refractivity contribution >= 4 is 5.82 Å². The maximum absolute atomic E-state index is 14.0. The van der Waals surface area contributed by atoms with E-state index >= 15 is 0 Å². The summed E-state index contributed by atoms with van der Waals surface area (Å²) in [5, 5.41) is 10.9. The van der Waals surface area contributed by atoms with E-state index in [4.69, 9.17) is 5.73 Å². The molecule has 0 unspecified atom stereocenters. The van der Waals surface area contributed by atoms with Crippen LogP contribution in [-0.2, 0) is 7.05 Å². The number of nitrogen functional groups attached to an aromatic ring is 1. The summed E-state index contributed by atoms with van der Waals surface area (Å²) in [5.41, 5.74) is 8.41. The zero-order valence-corrected chi connectivity index (χ0v) is 10.3. The fourth-order valence-corrected chi connectivity index (χ4v) is 2.05. The predicted octanol–water partition coefficient (Wildman–Crippen LogP) is 2.20. The fraction of sp³-hybridized carbons (Fsp3) is 0.0769. The van der Waals surface area contributed by atoms with E-state index < -0.39 is 0 Å². The van der Waals surface area contributed by atoms with Gasteiger partial charge < -0.3 is 5.73 Å². The lowest BCUT2D eigenvalue weighted by Gasteiger charge is -2.04. The van der Waals surface area contributed by atoms with Crippen LogP contribution in [-0.4, -0.2) is 20.0 Å². The smallest absolute Gasteiger partial charge is 0.131 e. The molecule has 0 fully saturated rings. The summed E-state index contributed by atoms with van der Waals surface area (Å²) in [6.45, 7) is 0. The second-order valence-corrected chi connectivity index (χ2v) is 4.20. The Morgan fingerprint density at radius 2 is 2.11 bits per heavy atom.